The van der Waals surface area contributed by atoms with Crippen LogP contribution in [-0.2, 0) is 5.41 Å². The Morgan fingerprint density at radius 1 is 0.750 bits per heavy atom. The number of hydrogen-bond donors (Lipinski definition) is 3. The van der Waals surface area contributed by atoms with Crippen LogP contribution < -0.4 is 0 Å². The maximum atomic E-state index is 9.73. The summed E-state index contributed by atoms with van der Waals surface area (Å²) in [5, 5.41) is 27.1. The normalized spacial score (nSPS) is 10.6. The maximum absolute atomic E-state index is 9.73. The van der Waals surface area contributed by atoms with Gasteiger partial charge >= 0.3 is 0 Å². The zero-order valence-electron chi connectivity index (χ0n) is 12.4. The summed E-state index contributed by atoms with van der Waals surface area (Å²) in [6.07, 6.45) is 0. The highest BCUT2D eigenvalue weighted by Crippen LogP contribution is 2.32. The predicted octanol–water partition coefficient (Wildman–Crippen LogP) is 4.10. The van der Waals surface area contributed by atoms with E-state index in [2.05, 4.69) is 20.8 Å². The molecule has 2 aromatic carbocycles. The molecular weight excluding hydrogens is 252 g/mol. The molecule has 0 spiro atoms. The third-order valence-electron chi connectivity index (χ3n) is 2.93. The van der Waals surface area contributed by atoms with Gasteiger partial charge in [-0.2, -0.15) is 0 Å². The zero-order valence-corrected chi connectivity index (χ0v) is 12.4. The first-order valence-electron chi connectivity index (χ1n) is 6.49. The van der Waals surface area contributed by atoms with Crippen LogP contribution in [0.2, 0.25) is 0 Å². The molecule has 3 nitrogen and oxygen atoms in total. The minimum Gasteiger partial charge on any atom is -0.507 e. The van der Waals surface area contributed by atoms with E-state index in [0.29, 0.717) is 5.75 Å². The smallest absolute Gasteiger partial charge is 0.157 e. The van der Waals surface area contributed by atoms with Crippen LogP contribution in [0.3, 0.4) is 0 Å². The third kappa shape index (κ3) is 4.19. The van der Waals surface area contributed by atoms with Gasteiger partial charge in [0.05, 0.1) is 0 Å². The average molecular weight is 274 g/mol. The second kappa shape index (κ2) is 6.33. The largest absolute Gasteiger partial charge is 0.507 e. The molecule has 0 aliphatic carbocycles. The third-order valence-corrected chi connectivity index (χ3v) is 2.93. The Bertz CT molecular complexity index is 548. The predicted molar refractivity (Wildman–Crippen MR) is 81.3 cm³/mol. The lowest BCUT2D eigenvalue weighted by molar-refractivity contribution is 0.404. The van der Waals surface area contributed by atoms with Gasteiger partial charge in [-0.25, -0.2) is 0 Å². The standard InChI is InChI=1S/C11H16O.C6H6O2/c1-8-6-5-7-9(10(8)12)11(2,3)4;7-5-3-1-2-4-6(5)8/h5-7,12H,1-4H3;1-4,7-8H. The fraction of sp³-hybridized carbons (Fsp3) is 0.294. The average Bonchev–Trinajstić information content (AvgIpc) is 2.36. The first kappa shape index (κ1) is 15.9. The lowest BCUT2D eigenvalue weighted by Gasteiger charge is -2.20. The van der Waals surface area contributed by atoms with Crippen LogP contribution in [0.5, 0.6) is 17.2 Å². The molecule has 0 heterocycles. The molecule has 2 rings (SSSR count). The Hall–Kier alpha value is -2.16. The van der Waals surface area contributed by atoms with Crippen molar-refractivity contribution < 1.29 is 15.3 Å². The van der Waals surface area contributed by atoms with E-state index in [-0.39, 0.29) is 16.9 Å². The van der Waals surface area contributed by atoms with Crippen molar-refractivity contribution in [1.29, 1.82) is 0 Å². The van der Waals surface area contributed by atoms with E-state index in [1.807, 2.05) is 25.1 Å². The molecule has 0 atom stereocenters. The van der Waals surface area contributed by atoms with Crippen LogP contribution in [0.15, 0.2) is 42.5 Å². The van der Waals surface area contributed by atoms with Crippen LogP contribution >= 0.6 is 0 Å². The first-order valence-corrected chi connectivity index (χ1v) is 6.49. The van der Waals surface area contributed by atoms with Crippen LogP contribution in [0.25, 0.3) is 0 Å². The van der Waals surface area contributed by atoms with Gasteiger partial charge in [0, 0.05) is 0 Å². The van der Waals surface area contributed by atoms with Gasteiger partial charge in [-0.15, -0.1) is 0 Å². The molecule has 0 unspecified atom stereocenters. The Labute approximate surface area is 120 Å². The van der Waals surface area contributed by atoms with Gasteiger partial charge in [0.25, 0.3) is 0 Å². The van der Waals surface area contributed by atoms with Crippen molar-refractivity contribution in [3.8, 4) is 17.2 Å². The first-order chi connectivity index (χ1) is 9.23. The second-order valence-corrected chi connectivity index (χ2v) is 5.71. The van der Waals surface area contributed by atoms with Crippen LogP contribution in [0.1, 0.15) is 31.9 Å². The SMILES string of the molecule is Cc1cccc(C(C)(C)C)c1O.Oc1ccccc1O. The lowest BCUT2D eigenvalue weighted by atomic mass is 9.85. The van der Waals surface area contributed by atoms with E-state index in [1.165, 1.54) is 12.1 Å². The molecule has 0 aliphatic heterocycles. The number of aromatic hydroxyl groups is 3. The lowest BCUT2D eigenvalue weighted by Crippen LogP contribution is -2.11. The molecule has 2 aromatic rings. The quantitative estimate of drug-likeness (QED) is 0.634. The van der Waals surface area contributed by atoms with Crippen LogP contribution in [0.4, 0.5) is 0 Å². The van der Waals surface area contributed by atoms with Crippen molar-refractivity contribution >= 4 is 0 Å². The molecule has 0 amide bonds. The molecular formula is C17H22O3. The summed E-state index contributed by atoms with van der Waals surface area (Å²) < 4.78 is 0. The molecule has 0 aromatic heterocycles. The van der Waals surface area contributed by atoms with Gasteiger partial charge < -0.3 is 15.3 Å². The Morgan fingerprint density at radius 3 is 1.60 bits per heavy atom. The van der Waals surface area contributed by atoms with Crippen molar-refractivity contribution in [2.45, 2.75) is 33.1 Å². The monoisotopic (exact) mass is 274 g/mol. The molecule has 20 heavy (non-hydrogen) atoms. The van der Waals surface area contributed by atoms with Gasteiger partial charge in [0.15, 0.2) is 11.5 Å². The molecule has 3 heteroatoms. The molecule has 3 N–H and O–H groups in total. The van der Waals surface area contributed by atoms with Crippen LogP contribution in [0, 0.1) is 6.92 Å². The summed E-state index contributed by atoms with van der Waals surface area (Å²) in [5.74, 6) is 0.282. The Balaban J connectivity index is 0.000000217. The molecule has 108 valence electrons. The zero-order chi connectivity index (χ0) is 15.3. The Kier molecular flexibility index (Phi) is 5.03. The van der Waals surface area contributed by atoms with Crippen molar-refractivity contribution in [3.63, 3.8) is 0 Å². The highest BCUT2D eigenvalue weighted by molar-refractivity contribution is 5.43. The van der Waals surface area contributed by atoms with Gasteiger partial charge in [-0.05, 0) is 35.6 Å². The molecule has 0 radical (unpaired) electrons. The van der Waals surface area contributed by atoms with E-state index in [9.17, 15) is 5.11 Å². The molecule has 0 aliphatic rings. The topological polar surface area (TPSA) is 60.7 Å². The summed E-state index contributed by atoms with van der Waals surface area (Å²) in [5.41, 5.74) is 1.99. The number of phenols is 3. The van der Waals surface area contributed by atoms with Crippen molar-refractivity contribution in [2.24, 2.45) is 0 Å². The van der Waals surface area contributed by atoms with Gasteiger partial charge in [0.2, 0.25) is 0 Å². The van der Waals surface area contributed by atoms with Crippen molar-refractivity contribution in [3.05, 3.63) is 53.6 Å². The number of benzene rings is 2. The summed E-state index contributed by atoms with van der Waals surface area (Å²) in [4.78, 5) is 0. The maximum Gasteiger partial charge on any atom is 0.157 e. The van der Waals surface area contributed by atoms with Gasteiger partial charge in [-0.1, -0.05) is 51.1 Å². The fourth-order valence-electron chi connectivity index (χ4n) is 1.73. The van der Waals surface area contributed by atoms with Gasteiger partial charge in [0.1, 0.15) is 5.75 Å². The van der Waals surface area contributed by atoms with E-state index in [4.69, 9.17) is 10.2 Å². The summed E-state index contributed by atoms with van der Waals surface area (Å²) in [6.45, 7) is 8.22. The minimum absolute atomic E-state index is 0.0239. The molecule has 0 saturated carbocycles. The summed E-state index contributed by atoms with van der Waals surface area (Å²) >= 11 is 0. The molecule has 0 saturated heterocycles. The Morgan fingerprint density at radius 2 is 1.25 bits per heavy atom. The summed E-state index contributed by atoms with van der Waals surface area (Å²) in [6, 6.07) is 12.0. The van der Waals surface area contributed by atoms with Gasteiger partial charge in [-0.3, -0.25) is 0 Å². The van der Waals surface area contributed by atoms with Crippen molar-refractivity contribution in [2.75, 3.05) is 0 Å². The van der Waals surface area contributed by atoms with E-state index in [0.717, 1.165) is 11.1 Å². The number of rotatable bonds is 0. The van der Waals surface area contributed by atoms with E-state index < -0.39 is 0 Å². The molecule has 0 bridgehead atoms. The highest BCUT2D eigenvalue weighted by atomic mass is 16.3. The van der Waals surface area contributed by atoms with E-state index in [1.54, 1.807) is 12.1 Å². The second-order valence-electron chi connectivity index (χ2n) is 5.71. The van der Waals surface area contributed by atoms with E-state index >= 15 is 0 Å². The summed E-state index contributed by atoms with van der Waals surface area (Å²) in [7, 11) is 0. The fourth-order valence-corrected chi connectivity index (χ4v) is 1.73. The highest BCUT2D eigenvalue weighted by Gasteiger charge is 2.18. The van der Waals surface area contributed by atoms with Crippen molar-refractivity contribution in [1.82, 2.24) is 0 Å². The molecule has 0 fully saturated rings. The number of para-hydroxylation sites is 3. The van der Waals surface area contributed by atoms with Crippen LogP contribution in [-0.4, -0.2) is 15.3 Å². The number of phenolic OH excluding ortho intramolecular Hbond substituents is 3. The minimum atomic E-state index is -0.0764. The number of aryl methyl sites for hydroxylation is 1. The number of hydrogen-bond acceptors (Lipinski definition) is 3.